The van der Waals surface area contributed by atoms with E-state index in [4.69, 9.17) is 11.5 Å². The summed E-state index contributed by atoms with van der Waals surface area (Å²) in [5.41, 5.74) is 10.5. The minimum atomic E-state index is -5.41. The number of aromatic nitrogens is 6. The van der Waals surface area contributed by atoms with Gasteiger partial charge in [-0.15, -0.1) is 20.4 Å². The van der Waals surface area contributed by atoms with Gasteiger partial charge in [-0.3, -0.25) is 9.11 Å². The minimum absolute atomic E-state index is 0.00692. The van der Waals surface area contributed by atoms with Crippen molar-refractivity contribution in [3.8, 4) is 11.3 Å². The maximum Gasteiger partial charge on any atom is 0.298 e. The van der Waals surface area contributed by atoms with Crippen LogP contribution in [-0.4, -0.2) is 56.8 Å². The van der Waals surface area contributed by atoms with Crippen LogP contribution in [0.3, 0.4) is 0 Å². The highest BCUT2D eigenvalue weighted by molar-refractivity contribution is 7.89. The number of rotatable bonds is 6. The van der Waals surface area contributed by atoms with Crippen molar-refractivity contribution in [2.45, 2.75) is 9.79 Å². The van der Waals surface area contributed by atoms with Crippen LogP contribution in [0.5, 0.6) is 0 Å². The molecule has 184 valence electrons. The van der Waals surface area contributed by atoms with E-state index >= 15 is 0 Å². The van der Waals surface area contributed by atoms with Crippen LogP contribution in [0.1, 0.15) is 16.8 Å². The van der Waals surface area contributed by atoms with Crippen LogP contribution in [0.15, 0.2) is 64.6 Å². The van der Waals surface area contributed by atoms with Gasteiger partial charge in [0.05, 0.1) is 35.2 Å². The summed E-state index contributed by atoms with van der Waals surface area (Å²) < 4.78 is 70.3. The second-order valence-electron chi connectivity index (χ2n) is 7.17. The van der Waals surface area contributed by atoms with Crippen LogP contribution in [0.4, 0.5) is 11.4 Å². The molecule has 2 aromatic heterocycles. The molecule has 0 unspecified atom stereocenters. The molecule has 0 fully saturated rings. The molecule has 16 heteroatoms. The summed E-state index contributed by atoms with van der Waals surface area (Å²) >= 11 is 0. The van der Waals surface area contributed by atoms with Gasteiger partial charge in [-0.05, 0) is 34.2 Å². The Bertz CT molecular complexity index is 1680. The lowest BCUT2D eigenvalue weighted by Gasteiger charge is -2.21. The molecule has 4 rings (SSSR count). The van der Waals surface area contributed by atoms with Crippen molar-refractivity contribution in [2.75, 3.05) is 11.5 Å². The van der Waals surface area contributed by atoms with Crippen molar-refractivity contribution in [1.82, 2.24) is 30.8 Å². The number of benzene rings is 2. The van der Waals surface area contributed by atoms with Crippen molar-refractivity contribution in [3.63, 3.8) is 0 Å². The molecule has 2 aromatic carbocycles. The fourth-order valence-electron chi connectivity index (χ4n) is 3.52. The van der Waals surface area contributed by atoms with E-state index in [1.165, 1.54) is 30.6 Å². The first kappa shape index (κ1) is 24.7. The van der Waals surface area contributed by atoms with Gasteiger partial charge in [0.15, 0.2) is 0 Å². The zero-order chi connectivity index (χ0) is 26.1. The minimum Gasteiger partial charge on any atom is -0.396 e. The number of hydrogen-bond acceptors (Lipinski definition) is 12. The smallest absolute Gasteiger partial charge is 0.298 e. The third-order valence-corrected chi connectivity index (χ3v) is 6.91. The molecule has 36 heavy (non-hydrogen) atoms. The summed E-state index contributed by atoms with van der Waals surface area (Å²) in [6.07, 6.45) is 3.92. The number of hydrogen-bond donors (Lipinski definition) is 4. The highest BCUT2D eigenvalue weighted by Gasteiger charge is 2.37. The van der Waals surface area contributed by atoms with E-state index < -0.39 is 47.0 Å². The highest BCUT2D eigenvalue weighted by Crippen LogP contribution is 2.47. The van der Waals surface area contributed by atoms with E-state index in [0.29, 0.717) is 5.56 Å². The standard InChI is InChI=1S/C20H16N8O6S2/c21-17-16(14-7-9-24-28-26-14)15(19(35(29,30)31)20(18(17)22)36(32,33)34)12(13-6-8-23-27-25-13)10-11-4-2-1-3-5-11/h1-10H,21-22H2,(H,29,30,31)(H,32,33,34). The van der Waals surface area contributed by atoms with Gasteiger partial charge in [0.25, 0.3) is 20.2 Å². The van der Waals surface area contributed by atoms with Crippen LogP contribution in [-0.2, 0) is 20.2 Å². The van der Waals surface area contributed by atoms with E-state index in [2.05, 4.69) is 30.8 Å². The van der Waals surface area contributed by atoms with E-state index in [9.17, 15) is 25.9 Å². The van der Waals surface area contributed by atoms with Crippen LogP contribution >= 0.6 is 0 Å². The first-order chi connectivity index (χ1) is 17.0. The summed E-state index contributed by atoms with van der Waals surface area (Å²) in [5, 5.41) is 22.0. The Morgan fingerprint density at radius 3 is 1.92 bits per heavy atom. The lowest BCUT2D eigenvalue weighted by Crippen LogP contribution is -2.18. The second-order valence-corrected chi connectivity index (χ2v) is 9.88. The maximum absolute atomic E-state index is 12.7. The number of anilines is 2. The molecule has 0 saturated carbocycles. The van der Waals surface area contributed by atoms with Gasteiger partial charge in [0.2, 0.25) is 0 Å². The molecule has 0 bridgehead atoms. The van der Waals surface area contributed by atoms with Crippen LogP contribution in [0.2, 0.25) is 0 Å². The molecule has 4 aromatic rings. The predicted molar refractivity (Wildman–Crippen MR) is 127 cm³/mol. The quantitative estimate of drug-likeness (QED) is 0.155. The zero-order valence-corrected chi connectivity index (χ0v) is 19.6. The molecule has 0 radical (unpaired) electrons. The van der Waals surface area contributed by atoms with E-state index in [-0.39, 0.29) is 22.5 Å². The average molecular weight is 529 g/mol. The summed E-state index contributed by atoms with van der Waals surface area (Å²) in [5.74, 6) is 0. The van der Waals surface area contributed by atoms with Crippen molar-refractivity contribution >= 4 is 43.3 Å². The predicted octanol–water partition coefficient (Wildman–Crippen LogP) is 0.970. The number of nitrogens with two attached hydrogens (primary N) is 2. The maximum atomic E-state index is 12.7. The molecule has 0 amide bonds. The topological polar surface area (TPSA) is 238 Å². The molecular weight excluding hydrogens is 512 g/mol. The van der Waals surface area contributed by atoms with Gasteiger partial charge in [0.1, 0.15) is 9.79 Å². The molecule has 0 atom stereocenters. The zero-order valence-electron chi connectivity index (χ0n) is 18.0. The Hall–Kier alpha value is -4.38. The van der Waals surface area contributed by atoms with E-state index in [1.807, 2.05) is 0 Å². The first-order valence-corrected chi connectivity index (χ1v) is 12.6. The summed E-state index contributed by atoms with van der Waals surface area (Å²) in [6.45, 7) is 0. The Morgan fingerprint density at radius 1 is 0.778 bits per heavy atom. The van der Waals surface area contributed by atoms with Gasteiger partial charge in [-0.1, -0.05) is 30.3 Å². The van der Waals surface area contributed by atoms with Crippen molar-refractivity contribution < 1.29 is 25.9 Å². The Kier molecular flexibility index (Phi) is 6.42. The van der Waals surface area contributed by atoms with E-state index in [1.54, 1.807) is 30.3 Å². The third-order valence-electron chi connectivity index (χ3n) is 4.92. The molecule has 2 heterocycles. The second kappa shape index (κ2) is 9.34. The van der Waals surface area contributed by atoms with Crippen LogP contribution in [0.25, 0.3) is 22.9 Å². The molecule has 6 N–H and O–H groups in total. The third kappa shape index (κ3) is 4.73. The number of nitrogen functional groups attached to an aromatic ring is 2. The first-order valence-electron chi connectivity index (χ1n) is 9.76. The van der Waals surface area contributed by atoms with Gasteiger partial charge in [-0.25, -0.2) is 0 Å². The van der Waals surface area contributed by atoms with Crippen molar-refractivity contribution in [1.29, 1.82) is 0 Å². The highest BCUT2D eigenvalue weighted by atomic mass is 32.2. The lowest BCUT2D eigenvalue weighted by molar-refractivity contribution is 0.467. The van der Waals surface area contributed by atoms with Crippen molar-refractivity contribution in [3.05, 3.63) is 71.7 Å². The SMILES string of the molecule is Nc1c(N)c(S(=O)(=O)O)c(S(=O)(=O)O)c(C(=Cc2ccccc2)c2ccnnn2)c1-c1ccnnn1. The summed E-state index contributed by atoms with van der Waals surface area (Å²) in [6, 6.07) is 11.1. The average Bonchev–Trinajstić information content (AvgIpc) is 2.84. The molecule has 0 spiro atoms. The van der Waals surface area contributed by atoms with Gasteiger partial charge in [-0.2, -0.15) is 16.8 Å². The molecule has 0 saturated heterocycles. The summed E-state index contributed by atoms with van der Waals surface area (Å²) in [4.78, 5) is -2.56. The van der Waals surface area contributed by atoms with Crippen LogP contribution in [0, 0.1) is 0 Å². The normalized spacial score (nSPS) is 12.4. The fraction of sp³-hybridized carbons (Fsp3) is 0. The van der Waals surface area contributed by atoms with Gasteiger partial charge in [0, 0.05) is 16.7 Å². The Labute approximate surface area is 204 Å². The van der Waals surface area contributed by atoms with Gasteiger partial charge < -0.3 is 11.5 Å². The molecule has 14 nitrogen and oxygen atoms in total. The van der Waals surface area contributed by atoms with Crippen LogP contribution < -0.4 is 11.5 Å². The molecule has 0 aliphatic heterocycles. The van der Waals surface area contributed by atoms with Gasteiger partial charge >= 0.3 is 0 Å². The van der Waals surface area contributed by atoms with E-state index in [0.717, 1.165) is 0 Å². The number of nitrogens with zero attached hydrogens (tertiary/aromatic N) is 6. The fourth-order valence-corrected chi connectivity index (χ4v) is 5.69. The lowest BCUT2D eigenvalue weighted by atomic mass is 9.91. The molecule has 0 aliphatic carbocycles. The monoisotopic (exact) mass is 528 g/mol. The Morgan fingerprint density at radius 2 is 1.39 bits per heavy atom. The molecular formula is C20H16N8O6S2. The summed E-state index contributed by atoms with van der Waals surface area (Å²) in [7, 11) is -10.8. The largest absolute Gasteiger partial charge is 0.396 e. The Balaban J connectivity index is 2.33. The van der Waals surface area contributed by atoms with Crippen molar-refractivity contribution in [2.24, 2.45) is 0 Å². The molecule has 0 aliphatic rings.